The van der Waals surface area contributed by atoms with Gasteiger partial charge in [-0.2, -0.15) is 4.31 Å². The number of esters is 1. The Morgan fingerprint density at radius 2 is 1.58 bits per heavy atom. The lowest BCUT2D eigenvalue weighted by atomic mass is 10.1. The van der Waals surface area contributed by atoms with Crippen LogP contribution in [0, 0.1) is 0 Å². The fourth-order valence-corrected chi connectivity index (χ4v) is 4.38. The molecule has 0 radical (unpaired) electrons. The molecule has 3 rings (SSSR count). The van der Waals surface area contributed by atoms with Gasteiger partial charge in [-0.1, -0.05) is 23.7 Å². The minimum Gasteiger partial charge on any atom is -0.469 e. The molecule has 0 fully saturated rings. The monoisotopic (exact) mass is 458 g/mol. The highest BCUT2D eigenvalue weighted by atomic mass is 35.5. The normalized spacial score (nSPS) is 11.0. The van der Waals surface area contributed by atoms with Crippen LogP contribution in [0.15, 0.2) is 78.0 Å². The van der Waals surface area contributed by atoms with Crippen molar-refractivity contribution in [3.05, 3.63) is 89.2 Å². The van der Waals surface area contributed by atoms with Crippen molar-refractivity contribution in [3.8, 4) is 0 Å². The van der Waals surface area contributed by atoms with E-state index in [2.05, 4.69) is 9.72 Å². The van der Waals surface area contributed by atoms with E-state index in [0.717, 1.165) is 9.87 Å². The second-order valence-electron chi connectivity index (χ2n) is 6.51. The molecule has 0 aliphatic rings. The lowest BCUT2D eigenvalue weighted by Gasteiger charge is -2.23. The van der Waals surface area contributed by atoms with E-state index in [4.69, 9.17) is 11.6 Å². The molecule has 1 heterocycles. The minimum absolute atomic E-state index is 0.0633. The van der Waals surface area contributed by atoms with Crippen molar-refractivity contribution in [1.29, 1.82) is 0 Å². The highest BCUT2D eigenvalue weighted by Gasteiger charge is 2.31. The third kappa shape index (κ3) is 5.28. The zero-order valence-electron chi connectivity index (χ0n) is 16.6. The van der Waals surface area contributed by atoms with Crippen LogP contribution >= 0.6 is 11.6 Å². The number of aryl methyl sites for hydroxylation is 1. The smallest absolute Gasteiger partial charge is 0.305 e. The van der Waals surface area contributed by atoms with Gasteiger partial charge in [-0.3, -0.25) is 14.6 Å². The van der Waals surface area contributed by atoms with Gasteiger partial charge < -0.3 is 4.74 Å². The lowest BCUT2D eigenvalue weighted by Crippen LogP contribution is -2.37. The van der Waals surface area contributed by atoms with Crippen molar-refractivity contribution in [1.82, 2.24) is 4.98 Å². The number of anilines is 1. The number of benzene rings is 2. The molecule has 2 aromatic carbocycles. The van der Waals surface area contributed by atoms with Gasteiger partial charge in [-0.05, 0) is 60.5 Å². The molecule has 0 unspecified atom stereocenters. The van der Waals surface area contributed by atoms with Gasteiger partial charge in [0.05, 0.1) is 17.7 Å². The first kappa shape index (κ1) is 22.5. The number of rotatable bonds is 7. The van der Waals surface area contributed by atoms with Crippen molar-refractivity contribution < 1.29 is 22.7 Å². The van der Waals surface area contributed by atoms with Gasteiger partial charge in [0, 0.05) is 29.4 Å². The average molecular weight is 459 g/mol. The van der Waals surface area contributed by atoms with Crippen LogP contribution in [0.5, 0.6) is 0 Å². The minimum atomic E-state index is -4.24. The summed E-state index contributed by atoms with van der Waals surface area (Å²) in [5.41, 5.74) is 1.09. The van der Waals surface area contributed by atoms with Crippen LogP contribution in [-0.4, -0.2) is 32.4 Å². The number of amides is 1. The zero-order valence-corrected chi connectivity index (χ0v) is 18.1. The van der Waals surface area contributed by atoms with Crippen molar-refractivity contribution in [2.24, 2.45) is 0 Å². The van der Waals surface area contributed by atoms with Crippen LogP contribution in [-0.2, 0) is 26.0 Å². The van der Waals surface area contributed by atoms with E-state index in [1.54, 1.807) is 12.1 Å². The number of nitrogens with zero attached hydrogens (tertiary/aromatic N) is 2. The Labute approximate surface area is 185 Å². The summed E-state index contributed by atoms with van der Waals surface area (Å²) in [6, 6.07) is 14.8. The van der Waals surface area contributed by atoms with Gasteiger partial charge in [-0.15, -0.1) is 0 Å². The number of methoxy groups -OCH3 is 1. The van der Waals surface area contributed by atoms with Crippen LogP contribution in [0.4, 0.5) is 5.69 Å². The van der Waals surface area contributed by atoms with Crippen molar-refractivity contribution in [3.63, 3.8) is 0 Å². The number of pyridine rings is 1. The summed E-state index contributed by atoms with van der Waals surface area (Å²) in [6.45, 7) is 0. The predicted molar refractivity (Wildman–Crippen MR) is 116 cm³/mol. The fourth-order valence-electron chi connectivity index (χ4n) is 2.84. The summed E-state index contributed by atoms with van der Waals surface area (Å²) < 4.78 is 32.2. The van der Waals surface area contributed by atoms with E-state index in [9.17, 15) is 18.0 Å². The van der Waals surface area contributed by atoms with Gasteiger partial charge >= 0.3 is 5.97 Å². The van der Waals surface area contributed by atoms with Gasteiger partial charge in [0.2, 0.25) is 0 Å². The fraction of sp³-hybridized carbons (Fsp3) is 0.136. The first-order valence-corrected chi connectivity index (χ1v) is 11.1. The number of hydrogen-bond acceptors (Lipinski definition) is 6. The molecule has 0 aliphatic heterocycles. The number of halogens is 1. The summed E-state index contributed by atoms with van der Waals surface area (Å²) >= 11 is 5.93. The maximum Gasteiger partial charge on any atom is 0.305 e. The van der Waals surface area contributed by atoms with Gasteiger partial charge in [0.1, 0.15) is 0 Å². The Bertz CT molecular complexity index is 1160. The zero-order chi connectivity index (χ0) is 22.4. The molecule has 1 amide bonds. The Hall–Kier alpha value is -3.23. The molecule has 0 aliphatic carbocycles. The quantitative estimate of drug-likeness (QED) is 0.499. The van der Waals surface area contributed by atoms with Crippen molar-refractivity contribution >= 4 is 39.2 Å². The third-order valence-corrected chi connectivity index (χ3v) is 6.46. The van der Waals surface area contributed by atoms with Gasteiger partial charge in [-0.25, -0.2) is 8.42 Å². The molecule has 0 saturated heterocycles. The largest absolute Gasteiger partial charge is 0.469 e. The molecular weight excluding hydrogens is 440 g/mol. The Balaban J connectivity index is 1.98. The number of ether oxygens (including phenoxy) is 1. The Morgan fingerprint density at radius 3 is 2.16 bits per heavy atom. The van der Waals surface area contributed by atoms with Crippen molar-refractivity contribution in [2.75, 3.05) is 11.4 Å². The van der Waals surface area contributed by atoms with E-state index in [1.807, 2.05) is 0 Å². The molecule has 7 nitrogen and oxygen atoms in total. The molecule has 160 valence electrons. The number of aromatic nitrogens is 1. The van der Waals surface area contributed by atoms with E-state index in [-0.39, 0.29) is 28.5 Å². The van der Waals surface area contributed by atoms with Crippen LogP contribution in [0.3, 0.4) is 0 Å². The van der Waals surface area contributed by atoms with Crippen LogP contribution < -0.4 is 4.31 Å². The first-order chi connectivity index (χ1) is 14.8. The van der Waals surface area contributed by atoms with E-state index in [1.165, 1.54) is 68.0 Å². The highest BCUT2D eigenvalue weighted by molar-refractivity contribution is 7.93. The summed E-state index contributed by atoms with van der Waals surface area (Å²) in [5, 5.41) is 0.410. The van der Waals surface area contributed by atoms with E-state index >= 15 is 0 Å². The molecule has 3 aromatic rings. The molecule has 0 saturated carbocycles. The number of hydrogen-bond donors (Lipinski definition) is 0. The number of carbonyl (C=O) groups excluding carboxylic acids is 2. The topological polar surface area (TPSA) is 93.6 Å². The molecule has 0 spiro atoms. The molecule has 0 bridgehead atoms. The SMILES string of the molecule is COC(=O)CCc1ccc(S(=O)(=O)N(C(=O)c2ccncc2)c2ccc(Cl)cc2)cc1. The maximum atomic E-state index is 13.4. The Morgan fingerprint density at radius 1 is 0.968 bits per heavy atom. The molecule has 9 heteroatoms. The first-order valence-electron chi connectivity index (χ1n) is 9.24. The second-order valence-corrected chi connectivity index (χ2v) is 8.73. The summed E-state index contributed by atoms with van der Waals surface area (Å²) in [7, 11) is -2.93. The summed E-state index contributed by atoms with van der Waals surface area (Å²) in [4.78, 5) is 28.3. The van der Waals surface area contributed by atoms with Gasteiger partial charge in [0.25, 0.3) is 15.9 Å². The lowest BCUT2D eigenvalue weighted by molar-refractivity contribution is -0.140. The molecule has 0 atom stereocenters. The standard InChI is InChI=1S/C22H19ClN2O5S/c1-30-21(26)11-4-16-2-9-20(10-3-16)31(28,29)25(19-7-5-18(23)6-8-19)22(27)17-12-14-24-15-13-17/h2-3,5-10,12-15H,4,11H2,1H3. The van der Waals surface area contributed by atoms with Crippen LogP contribution in [0.1, 0.15) is 22.3 Å². The highest BCUT2D eigenvalue weighted by Crippen LogP contribution is 2.27. The summed E-state index contributed by atoms with van der Waals surface area (Å²) in [5.74, 6) is -1.08. The molecular formula is C22H19ClN2O5S. The maximum absolute atomic E-state index is 13.4. The molecule has 1 aromatic heterocycles. The third-order valence-electron chi connectivity index (χ3n) is 4.48. The van der Waals surface area contributed by atoms with Crippen molar-refractivity contribution in [2.45, 2.75) is 17.7 Å². The van der Waals surface area contributed by atoms with E-state index in [0.29, 0.717) is 11.4 Å². The van der Waals surface area contributed by atoms with E-state index < -0.39 is 15.9 Å². The Kier molecular flexibility index (Phi) is 7.04. The van der Waals surface area contributed by atoms with Crippen LogP contribution in [0.2, 0.25) is 5.02 Å². The predicted octanol–water partition coefficient (Wildman–Crippen LogP) is 3.88. The number of sulfonamides is 1. The van der Waals surface area contributed by atoms with Crippen LogP contribution in [0.25, 0.3) is 0 Å². The molecule has 0 N–H and O–H groups in total. The number of carbonyl (C=O) groups is 2. The van der Waals surface area contributed by atoms with Gasteiger partial charge in [0.15, 0.2) is 0 Å². The second kappa shape index (κ2) is 9.72. The molecule has 31 heavy (non-hydrogen) atoms. The summed E-state index contributed by atoms with van der Waals surface area (Å²) in [6.07, 6.45) is 3.41. The average Bonchev–Trinajstić information content (AvgIpc) is 2.79.